The SMILES string of the molecule is CCC1(C)CCN(CC2(CBr)CCCC2)CC1. The molecule has 100 valence electrons. The average Bonchev–Trinajstić information content (AvgIpc) is 2.82. The van der Waals surface area contributed by atoms with Crippen LogP contribution in [0.15, 0.2) is 0 Å². The Hall–Kier alpha value is 0.440. The van der Waals surface area contributed by atoms with E-state index in [1.165, 1.54) is 69.9 Å². The van der Waals surface area contributed by atoms with Crippen molar-refractivity contribution in [3.05, 3.63) is 0 Å². The lowest BCUT2D eigenvalue weighted by atomic mass is 9.77. The Balaban J connectivity index is 1.85. The molecule has 0 aromatic heterocycles. The van der Waals surface area contributed by atoms with Crippen molar-refractivity contribution in [2.24, 2.45) is 10.8 Å². The highest BCUT2D eigenvalue weighted by atomic mass is 79.9. The predicted molar refractivity (Wildman–Crippen MR) is 78.8 cm³/mol. The van der Waals surface area contributed by atoms with Gasteiger partial charge >= 0.3 is 0 Å². The summed E-state index contributed by atoms with van der Waals surface area (Å²) in [5, 5.41) is 1.21. The van der Waals surface area contributed by atoms with E-state index in [1.807, 2.05) is 0 Å². The Morgan fingerprint density at radius 1 is 1.06 bits per heavy atom. The first-order valence-corrected chi connectivity index (χ1v) is 8.52. The second kappa shape index (κ2) is 5.61. The Kier molecular flexibility index (Phi) is 4.57. The van der Waals surface area contributed by atoms with Crippen molar-refractivity contribution in [2.45, 2.75) is 58.8 Å². The lowest BCUT2D eigenvalue weighted by Gasteiger charge is -2.42. The summed E-state index contributed by atoms with van der Waals surface area (Å²) in [6.45, 7) is 8.84. The molecule has 0 aromatic carbocycles. The maximum Gasteiger partial charge on any atom is 0.0100 e. The van der Waals surface area contributed by atoms with Gasteiger partial charge in [0.25, 0.3) is 0 Å². The van der Waals surface area contributed by atoms with E-state index in [2.05, 4.69) is 34.7 Å². The van der Waals surface area contributed by atoms with Crippen LogP contribution in [-0.2, 0) is 0 Å². The topological polar surface area (TPSA) is 3.24 Å². The first kappa shape index (κ1) is 13.9. The standard InChI is InChI=1S/C15H28BrN/c1-3-14(2)8-10-17(11-9-14)13-15(12-16)6-4-5-7-15/h3-13H2,1-2H3. The first-order chi connectivity index (χ1) is 8.11. The van der Waals surface area contributed by atoms with Crippen LogP contribution in [-0.4, -0.2) is 29.9 Å². The van der Waals surface area contributed by atoms with Gasteiger partial charge in [-0.2, -0.15) is 0 Å². The summed E-state index contributed by atoms with van der Waals surface area (Å²) >= 11 is 3.77. The van der Waals surface area contributed by atoms with Gasteiger partial charge in [0.1, 0.15) is 0 Å². The Labute approximate surface area is 115 Å². The van der Waals surface area contributed by atoms with E-state index in [4.69, 9.17) is 0 Å². The molecule has 2 rings (SSSR count). The van der Waals surface area contributed by atoms with Gasteiger partial charge in [-0.3, -0.25) is 0 Å². The van der Waals surface area contributed by atoms with E-state index < -0.39 is 0 Å². The summed E-state index contributed by atoms with van der Waals surface area (Å²) in [5.41, 5.74) is 1.24. The summed E-state index contributed by atoms with van der Waals surface area (Å²) in [4.78, 5) is 2.74. The fourth-order valence-electron chi connectivity index (χ4n) is 3.54. The molecule has 1 nitrogen and oxygen atoms in total. The molecular weight excluding hydrogens is 274 g/mol. The molecule has 17 heavy (non-hydrogen) atoms. The second-order valence-electron chi connectivity index (χ2n) is 6.78. The van der Waals surface area contributed by atoms with Gasteiger partial charge < -0.3 is 4.90 Å². The summed E-state index contributed by atoms with van der Waals surface area (Å²) in [5.74, 6) is 0. The molecule has 0 N–H and O–H groups in total. The number of hydrogen-bond acceptors (Lipinski definition) is 1. The van der Waals surface area contributed by atoms with Crippen molar-refractivity contribution in [2.75, 3.05) is 25.0 Å². The summed E-state index contributed by atoms with van der Waals surface area (Å²) in [7, 11) is 0. The molecular formula is C15H28BrN. The van der Waals surface area contributed by atoms with Crippen molar-refractivity contribution < 1.29 is 0 Å². The highest BCUT2D eigenvalue weighted by Gasteiger charge is 2.36. The molecule has 0 unspecified atom stereocenters. The van der Waals surface area contributed by atoms with Crippen LogP contribution in [0.3, 0.4) is 0 Å². The molecule has 0 amide bonds. The Morgan fingerprint density at radius 2 is 1.65 bits per heavy atom. The first-order valence-electron chi connectivity index (χ1n) is 7.40. The number of alkyl halides is 1. The van der Waals surface area contributed by atoms with Crippen LogP contribution < -0.4 is 0 Å². The quantitative estimate of drug-likeness (QED) is 0.693. The van der Waals surface area contributed by atoms with Crippen molar-refractivity contribution in [1.29, 1.82) is 0 Å². The van der Waals surface area contributed by atoms with Crippen LogP contribution in [0.25, 0.3) is 0 Å². The fraction of sp³-hybridized carbons (Fsp3) is 1.00. The summed E-state index contributed by atoms with van der Waals surface area (Å²) in [6, 6.07) is 0. The lowest BCUT2D eigenvalue weighted by Crippen LogP contribution is -2.44. The molecule has 0 aromatic rings. The third-order valence-electron chi connectivity index (χ3n) is 5.42. The molecule has 1 heterocycles. The summed E-state index contributed by atoms with van der Waals surface area (Å²) < 4.78 is 0. The molecule has 1 aliphatic heterocycles. The van der Waals surface area contributed by atoms with E-state index in [1.54, 1.807) is 0 Å². The van der Waals surface area contributed by atoms with E-state index in [9.17, 15) is 0 Å². The van der Waals surface area contributed by atoms with Gasteiger partial charge in [0, 0.05) is 11.9 Å². The third-order valence-corrected chi connectivity index (χ3v) is 6.61. The zero-order chi connectivity index (χ0) is 12.4. The zero-order valence-corrected chi connectivity index (χ0v) is 13.2. The van der Waals surface area contributed by atoms with Gasteiger partial charge in [0.05, 0.1) is 0 Å². The molecule has 0 atom stereocenters. The normalized spacial score (nSPS) is 28.4. The van der Waals surface area contributed by atoms with Crippen LogP contribution in [0.2, 0.25) is 0 Å². The number of hydrogen-bond donors (Lipinski definition) is 0. The average molecular weight is 302 g/mol. The van der Waals surface area contributed by atoms with Crippen molar-refractivity contribution in [3.8, 4) is 0 Å². The molecule has 0 radical (unpaired) electrons. The monoisotopic (exact) mass is 301 g/mol. The number of halogens is 1. The van der Waals surface area contributed by atoms with Gasteiger partial charge in [-0.15, -0.1) is 0 Å². The molecule has 0 spiro atoms. The summed E-state index contributed by atoms with van der Waals surface area (Å²) in [6.07, 6.45) is 9.95. The minimum absolute atomic E-state index is 0.611. The lowest BCUT2D eigenvalue weighted by molar-refractivity contribution is 0.0810. The molecule has 2 fully saturated rings. The number of likely N-dealkylation sites (tertiary alicyclic amines) is 1. The van der Waals surface area contributed by atoms with E-state index in [0.717, 1.165) is 0 Å². The van der Waals surface area contributed by atoms with Crippen LogP contribution in [0, 0.1) is 10.8 Å². The molecule has 1 saturated heterocycles. The van der Waals surface area contributed by atoms with Gasteiger partial charge in [-0.05, 0) is 49.6 Å². The van der Waals surface area contributed by atoms with Crippen molar-refractivity contribution in [1.82, 2.24) is 4.90 Å². The van der Waals surface area contributed by atoms with Crippen LogP contribution >= 0.6 is 15.9 Å². The maximum atomic E-state index is 3.77. The Morgan fingerprint density at radius 3 is 2.12 bits per heavy atom. The van der Waals surface area contributed by atoms with E-state index in [0.29, 0.717) is 10.8 Å². The Bertz CT molecular complexity index is 237. The van der Waals surface area contributed by atoms with Crippen LogP contribution in [0.1, 0.15) is 58.8 Å². The van der Waals surface area contributed by atoms with Crippen molar-refractivity contribution in [3.63, 3.8) is 0 Å². The van der Waals surface area contributed by atoms with Gasteiger partial charge in [0.15, 0.2) is 0 Å². The molecule has 2 heteroatoms. The van der Waals surface area contributed by atoms with Gasteiger partial charge in [0.2, 0.25) is 0 Å². The predicted octanol–water partition coefficient (Wildman–Crippen LogP) is 4.45. The highest BCUT2D eigenvalue weighted by Crippen LogP contribution is 2.42. The number of piperidine rings is 1. The molecule has 2 aliphatic rings. The number of rotatable bonds is 4. The maximum absolute atomic E-state index is 3.77. The van der Waals surface area contributed by atoms with Crippen LogP contribution in [0.4, 0.5) is 0 Å². The highest BCUT2D eigenvalue weighted by molar-refractivity contribution is 9.09. The smallest absolute Gasteiger partial charge is 0.0100 e. The molecule has 0 bridgehead atoms. The second-order valence-corrected chi connectivity index (χ2v) is 7.34. The number of nitrogens with zero attached hydrogens (tertiary/aromatic N) is 1. The van der Waals surface area contributed by atoms with E-state index in [-0.39, 0.29) is 0 Å². The minimum atomic E-state index is 0.611. The molecule has 1 aliphatic carbocycles. The largest absolute Gasteiger partial charge is 0.303 e. The van der Waals surface area contributed by atoms with Crippen LogP contribution in [0.5, 0.6) is 0 Å². The molecule has 1 saturated carbocycles. The van der Waals surface area contributed by atoms with E-state index >= 15 is 0 Å². The minimum Gasteiger partial charge on any atom is -0.303 e. The zero-order valence-electron chi connectivity index (χ0n) is 11.6. The van der Waals surface area contributed by atoms with Gasteiger partial charge in [-0.25, -0.2) is 0 Å². The fourth-order valence-corrected chi connectivity index (χ4v) is 4.28. The third kappa shape index (κ3) is 3.26. The van der Waals surface area contributed by atoms with Crippen molar-refractivity contribution >= 4 is 15.9 Å². The van der Waals surface area contributed by atoms with Gasteiger partial charge in [-0.1, -0.05) is 49.0 Å².